The summed E-state index contributed by atoms with van der Waals surface area (Å²) < 4.78 is 18.0. The third kappa shape index (κ3) is 5.63. The van der Waals surface area contributed by atoms with Crippen molar-refractivity contribution in [1.29, 1.82) is 0 Å². The van der Waals surface area contributed by atoms with Gasteiger partial charge in [-0.3, -0.25) is 0 Å². The lowest BCUT2D eigenvalue weighted by Crippen LogP contribution is -2.10. The van der Waals surface area contributed by atoms with Gasteiger partial charge in [0.25, 0.3) is 0 Å². The van der Waals surface area contributed by atoms with E-state index in [0.717, 1.165) is 19.9 Å². The van der Waals surface area contributed by atoms with Crippen LogP contribution >= 0.6 is 43.2 Å². The molecule has 0 spiro atoms. The van der Waals surface area contributed by atoms with Crippen LogP contribution in [0.2, 0.25) is 0 Å². The molecule has 1 rings (SSSR count). The molecule has 0 aromatic carbocycles. The minimum atomic E-state index is 0.550. The Morgan fingerprint density at radius 2 is 1.81 bits per heavy atom. The fraction of sp³-hybridized carbons (Fsp3) is 0.600. The Morgan fingerprint density at radius 3 is 2.44 bits per heavy atom. The molecule has 0 aliphatic carbocycles. The van der Waals surface area contributed by atoms with Gasteiger partial charge < -0.3 is 14.2 Å². The smallest absolute Gasteiger partial charge is 0.145 e. The molecule has 0 N–H and O–H groups in total. The van der Waals surface area contributed by atoms with Crippen LogP contribution in [-0.2, 0) is 9.47 Å². The first-order chi connectivity index (χ1) is 7.74. The maximum Gasteiger partial charge on any atom is 0.145 e. The highest BCUT2D eigenvalue weighted by Gasteiger charge is 2.05. The van der Waals surface area contributed by atoms with Gasteiger partial charge in [0.15, 0.2) is 0 Å². The zero-order valence-electron chi connectivity index (χ0n) is 9.00. The van der Waals surface area contributed by atoms with Crippen molar-refractivity contribution in [1.82, 2.24) is 0 Å². The molecule has 0 radical (unpaired) electrons. The van der Waals surface area contributed by atoms with Crippen molar-refractivity contribution < 1.29 is 14.2 Å². The molecule has 0 saturated carbocycles. The number of halogens is 2. The van der Waals surface area contributed by atoms with Gasteiger partial charge in [0, 0.05) is 12.7 Å². The van der Waals surface area contributed by atoms with Crippen molar-refractivity contribution in [2.24, 2.45) is 0 Å². The number of hydrogen-bond acceptors (Lipinski definition) is 4. The van der Waals surface area contributed by atoms with Crippen LogP contribution in [0, 0.1) is 0 Å². The van der Waals surface area contributed by atoms with Crippen molar-refractivity contribution >= 4 is 43.2 Å². The minimum Gasteiger partial charge on any atom is -0.489 e. The fourth-order valence-electron chi connectivity index (χ4n) is 0.998. The van der Waals surface area contributed by atoms with Crippen LogP contribution in [0.25, 0.3) is 0 Å². The monoisotopic (exact) mass is 372 g/mol. The van der Waals surface area contributed by atoms with Gasteiger partial charge in [-0.25, -0.2) is 0 Å². The quantitative estimate of drug-likeness (QED) is 0.650. The van der Waals surface area contributed by atoms with Crippen LogP contribution < -0.4 is 4.74 Å². The molecule has 3 nitrogen and oxygen atoms in total. The van der Waals surface area contributed by atoms with E-state index in [-0.39, 0.29) is 0 Å². The SMILES string of the molecule is CCOCCOCCOc1cc(Br)sc1Br. The van der Waals surface area contributed by atoms with Crippen molar-refractivity contribution in [3.63, 3.8) is 0 Å². The second-order valence-corrected chi connectivity index (χ2v) is 6.60. The highest BCUT2D eigenvalue weighted by Crippen LogP contribution is 2.37. The highest BCUT2D eigenvalue weighted by molar-refractivity contribution is 9.12. The molecule has 6 heteroatoms. The zero-order chi connectivity index (χ0) is 11.8. The Labute approximate surface area is 116 Å². The standard InChI is InChI=1S/C10H14Br2O3S/c1-2-13-3-4-14-5-6-15-8-7-9(11)16-10(8)12/h7H,2-6H2,1H3. The third-order valence-electron chi connectivity index (χ3n) is 1.69. The molecule has 92 valence electrons. The zero-order valence-corrected chi connectivity index (χ0v) is 13.0. The second kappa shape index (κ2) is 8.47. The molecule has 0 fully saturated rings. The highest BCUT2D eigenvalue weighted by atomic mass is 79.9. The van der Waals surface area contributed by atoms with E-state index in [2.05, 4.69) is 31.9 Å². The first-order valence-corrected chi connectivity index (χ1v) is 7.37. The largest absolute Gasteiger partial charge is 0.489 e. The average molecular weight is 374 g/mol. The van der Waals surface area contributed by atoms with Crippen LogP contribution in [0.5, 0.6) is 5.75 Å². The summed E-state index contributed by atoms with van der Waals surface area (Å²) in [6, 6.07) is 1.94. The van der Waals surface area contributed by atoms with Crippen LogP contribution in [0.15, 0.2) is 13.6 Å². The lowest BCUT2D eigenvalue weighted by molar-refractivity contribution is 0.0404. The summed E-state index contributed by atoms with van der Waals surface area (Å²) in [5.41, 5.74) is 0. The summed E-state index contributed by atoms with van der Waals surface area (Å²) in [5, 5.41) is 0. The first kappa shape index (κ1) is 14.4. The van der Waals surface area contributed by atoms with E-state index in [1.54, 1.807) is 11.3 Å². The Hall–Kier alpha value is 0.380. The van der Waals surface area contributed by atoms with E-state index in [0.29, 0.717) is 26.4 Å². The topological polar surface area (TPSA) is 27.7 Å². The van der Waals surface area contributed by atoms with Gasteiger partial charge in [-0.05, 0) is 38.8 Å². The third-order valence-corrected chi connectivity index (χ3v) is 3.97. The number of ether oxygens (including phenoxy) is 3. The Kier molecular flexibility index (Phi) is 7.64. The minimum absolute atomic E-state index is 0.550. The van der Waals surface area contributed by atoms with Crippen molar-refractivity contribution in [3.8, 4) is 5.75 Å². The maximum atomic E-state index is 5.53. The summed E-state index contributed by atoms with van der Waals surface area (Å²) >= 11 is 8.41. The molecule has 1 aromatic rings. The molecule has 0 atom stereocenters. The van der Waals surface area contributed by atoms with Gasteiger partial charge in [0.2, 0.25) is 0 Å². The average Bonchev–Trinajstić information content (AvgIpc) is 2.56. The van der Waals surface area contributed by atoms with Crippen molar-refractivity contribution in [2.45, 2.75) is 6.92 Å². The van der Waals surface area contributed by atoms with E-state index in [4.69, 9.17) is 14.2 Å². The summed E-state index contributed by atoms with van der Waals surface area (Å²) in [7, 11) is 0. The molecule has 0 saturated heterocycles. The summed E-state index contributed by atoms with van der Waals surface area (Å²) in [6.45, 7) is 5.08. The molecule has 0 bridgehead atoms. The van der Waals surface area contributed by atoms with E-state index in [1.807, 2.05) is 13.0 Å². The number of hydrogen-bond donors (Lipinski definition) is 0. The van der Waals surface area contributed by atoms with E-state index < -0.39 is 0 Å². The molecular weight excluding hydrogens is 360 g/mol. The molecule has 0 unspecified atom stereocenters. The maximum absolute atomic E-state index is 5.53. The molecule has 1 aromatic heterocycles. The first-order valence-electron chi connectivity index (χ1n) is 4.97. The predicted molar refractivity (Wildman–Crippen MR) is 72.5 cm³/mol. The molecule has 0 aliphatic rings. The summed E-state index contributed by atoms with van der Waals surface area (Å²) in [6.07, 6.45) is 0. The van der Waals surface area contributed by atoms with Gasteiger partial charge in [0.1, 0.15) is 16.1 Å². The summed E-state index contributed by atoms with van der Waals surface area (Å²) in [4.78, 5) is 0. The van der Waals surface area contributed by atoms with Gasteiger partial charge >= 0.3 is 0 Å². The molecule has 16 heavy (non-hydrogen) atoms. The Balaban J connectivity index is 2.05. The molecule has 0 aliphatic heterocycles. The predicted octanol–water partition coefficient (Wildman–Crippen LogP) is 3.71. The van der Waals surface area contributed by atoms with E-state index in [9.17, 15) is 0 Å². The van der Waals surface area contributed by atoms with Gasteiger partial charge in [0.05, 0.1) is 23.6 Å². The molecular formula is C10H14Br2O3S. The van der Waals surface area contributed by atoms with Gasteiger partial charge in [-0.1, -0.05) is 0 Å². The lowest BCUT2D eigenvalue weighted by Gasteiger charge is -2.06. The Bertz CT molecular complexity index is 304. The van der Waals surface area contributed by atoms with Gasteiger partial charge in [-0.15, -0.1) is 11.3 Å². The number of thiophene rings is 1. The van der Waals surface area contributed by atoms with Crippen LogP contribution in [0.1, 0.15) is 6.92 Å². The van der Waals surface area contributed by atoms with Crippen molar-refractivity contribution in [2.75, 3.05) is 33.0 Å². The molecule has 1 heterocycles. The van der Waals surface area contributed by atoms with Crippen LogP contribution in [0.4, 0.5) is 0 Å². The van der Waals surface area contributed by atoms with Crippen molar-refractivity contribution in [3.05, 3.63) is 13.6 Å². The van der Waals surface area contributed by atoms with E-state index in [1.165, 1.54) is 0 Å². The lowest BCUT2D eigenvalue weighted by atomic mass is 10.6. The fourth-order valence-corrected chi connectivity index (χ4v) is 3.65. The van der Waals surface area contributed by atoms with E-state index >= 15 is 0 Å². The second-order valence-electron chi connectivity index (χ2n) is 2.85. The number of rotatable bonds is 8. The normalized spacial score (nSPS) is 10.7. The summed E-state index contributed by atoms with van der Waals surface area (Å²) in [5.74, 6) is 0.852. The Morgan fingerprint density at radius 1 is 1.12 bits per heavy atom. The van der Waals surface area contributed by atoms with Gasteiger partial charge in [-0.2, -0.15) is 0 Å². The van der Waals surface area contributed by atoms with Crippen LogP contribution in [0.3, 0.4) is 0 Å². The van der Waals surface area contributed by atoms with Crippen LogP contribution in [-0.4, -0.2) is 33.0 Å². The molecule has 0 amide bonds.